The van der Waals surface area contributed by atoms with Gasteiger partial charge in [0.2, 0.25) is 5.91 Å². The van der Waals surface area contributed by atoms with Crippen LogP contribution >= 0.6 is 0 Å². The van der Waals surface area contributed by atoms with Crippen LogP contribution in [0.15, 0.2) is 48.5 Å². The molecule has 1 atom stereocenters. The molecule has 3 amide bonds. The molecule has 0 bridgehead atoms. The Balaban J connectivity index is 1.48. The first-order valence-corrected chi connectivity index (χ1v) is 11.0. The fourth-order valence-electron chi connectivity index (χ4n) is 4.37. The maximum atomic E-state index is 13.4. The van der Waals surface area contributed by atoms with E-state index in [4.69, 9.17) is 4.74 Å². The first kappa shape index (κ1) is 22.0. The molecular weight excluding hydrogens is 406 g/mol. The Morgan fingerprint density at radius 1 is 0.969 bits per heavy atom. The molecule has 0 radical (unpaired) electrons. The normalized spacial score (nSPS) is 17.0. The fourth-order valence-corrected chi connectivity index (χ4v) is 4.37. The predicted molar refractivity (Wildman–Crippen MR) is 122 cm³/mol. The second-order valence-corrected chi connectivity index (χ2v) is 8.67. The summed E-state index contributed by atoms with van der Waals surface area (Å²) >= 11 is 0. The number of benzene rings is 2. The summed E-state index contributed by atoms with van der Waals surface area (Å²) in [6.07, 6.45) is 0. The number of morpholine rings is 1. The molecule has 1 unspecified atom stereocenters. The molecule has 168 valence electrons. The van der Waals surface area contributed by atoms with Gasteiger partial charge >= 0.3 is 0 Å². The molecule has 0 saturated carbocycles. The largest absolute Gasteiger partial charge is 0.378 e. The lowest BCUT2D eigenvalue weighted by Gasteiger charge is -2.32. The van der Waals surface area contributed by atoms with Gasteiger partial charge in [-0.05, 0) is 35.7 Å². The van der Waals surface area contributed by atoms with Gasteiger partial charge in [0.15, 0.2) is 0 Å². The van der Waals surface area contributed by atoms with Crippen molar-refractivity contribution in [2.24, 2.45) is 5.92 Å². The highest BCUT2D eigenvalue weighted by atomic mass is 16.5. The minimum atomic E-state index is -0.847. The van der Waals surface area contributed by atoms with Gasteiger partial charge in [0, 0.05) is 32.4 Å². The van der Waals surface area contributed by atoms with E-state index >= 15 is 0 Å². The van der Waals surface area contributed by atoms with Crippen LogP contribution in [0.2, 0.25) is 0 Å². The van der Waals surface area contributed by atoms with E-state index < -0.39 is 17.9 Å². The lowest BCUT2D eigenvalue weighted by molar-refractivity contribution is -0.136. The van der Waals surface area contributed by atoms with Crippen LogP contribution < -0.4 is 4.90 Å². The van der Waals surface area contributed by atoms with Crippen molar-refractivity contribution in [3.63, 3.8) is 0 Å². The first-order valence-electron chi connectivity index (χ1n) is 11.0. The Bertz CT molecular complexity index is 977. The van der Waals surface area contributed by atoms with Gasteiger partial charge in [-0.3, -0.25) is 19.3 Å². The number of fused-ring (bicyclic) bond motifs is 1. The molecule has 0 spiro atoms. The number of imide groups is 1. The van der Waals surface area contributed by atoms with Crippen molar-refractivity contribution in [1.82, 2.24) is 9.80 Å². The zero-order valence-corrected chi connectivity index (χ0v) is 18.8. The SMILES string of the molecule is CC(C)C(C(=O)N(C)Cc1ccc(N2CCOCC2)cc1)N1C(=O)c2ccccc2C1=O. The van der Waals surface area contributed by atoms with Crippen LogP contribution in [0.25, 0.3) is 0 Å². The summed E-state index contributed by atoms with van der Waals surface area (Å²) in [7, 11) is 1.71. The summed E-state index contributed by atoms with van der Waals surface area (Å²) in [5, 5.41) is 0. The predicted octanol–water partition coefficient (Wildman–Crippen LogP) is 2.80. The maximum Gasteiger partial charge on any atom is 0.262 e. The van der Waals surface area contributed by atoms with Crippen LogP contribution in [-0.4, -0.2) is 66.9 Å². The monoisotopic (exact) mass is 435 g/mol. The molecule has 1 fully saturated rings. The summed E-state index contributed by atoms with van der Waals surface area (Å²) in [6, 6.07) is 14.0. The average Bonchev–Trinajstić information content (AvgIpc) is 3.05. The van der Waals surface area contributed by atoms with Crippen molar-refractivity contribution in [3.8, 4) is 0 Å². The van der Waals surface area contributed by atoms with Crippen molar-refractivity contribution in [2.45, 2.75) is 26.4 Å². The van der Waals surface area contributed by atoms with Crippen LogP contribution in [0.1, 0.15) is 40.1 Å². The Morgan fingerprint density at radius 2 is 1.53 bits per heavy atom. The van der Waals surface area contributed by atoms with Gasteiger partial charge < -0.3 is 14.5 Å². The zero-order valence-electron chi connectivity index (χ0n) is 18.8. The molecule has 7 nitrogen and oxygen atoms in total. The van der Waals surface area contributed by atoms with Crippen LogP contribution in [0.3, 0.4) is 0 Å². The molecule has 0 aromatic heterocycles. The van der Waals surface area contributed by atoms with Crippen molar-refractivity contribution in [1.29, 1.82) is 0 Å². The highest BCUT2D eigenvalue weighted by Crippen LogP contribution is 2.28. The van der Waals surface area contributed by atoms with Crippen molar-refractivity contribution in [3.05, 3.63) is 65.2 Å². The second kappa shape index (κ2) is 9.12. The van der Waals surface area contributed by atoms with E-state index in [0.29, 0.717) is 17.7 Å². The summed E-state index contributed by atoms with van der Waals surface area (Å²) in [6.45, 7) is 7.31. The van der Waals surface area contributed by atoms with E-state index in [9.17, 15) is 14.4 Å². The number of rotatable bonds is 6. The molecule has 2 aromatic carbocycles. The van der Waals surface area contributed by atoms with Gasteiger partial charge in [0.1, 0.15) is 6.04 Å². The highest BCUT2D eigenvalue weighted by Gasteiger charge is 2.44. The Kier molecular flexibility index (Phi) is 6.28. The molecule has 1 saturated heterocycles. The van der Waals surface area contributed by atoms with Crippen molar-refractivity contribution >= 4 is 23.4 Å². The minimum Gasteiger partial charge on any atom is -0.378 e. The lowest BCUT2D eigenvalue weighted by atomic mass is 10.0. The van der Waals surface area contributed by atoms with E-state index in [2.05, 4.69) is 17.0 Å². The number of carbonyl (C=O) groups is 3. The van der Waals surface area contributed by atoms with Crippen LogP contribution in [0, 0.1) is 5.92 Å². The highest BCUT2D eigenvalue weighted by molar-refractivity contribution is 6.22. The molecule has 2 aromatic rings. The van der Waals surface area contributed by atoms with Crippen LogP contribution in [-0.2, 0) is 16.1 Å². The van der Waals surface area contributed by atoms with Gasteiger partial charge in [0.05, 0.1) is 24.3 Å². The van der Waals surface area contributed by atoms with Crippen LogP contribution in [0.4, 0.5) is 5.69 Å². The number of hydrogen-bond acceptors (Lipinski definition) is 5. The van der Waals surface area contributed by atoms with E-state index in [0.717, 1.165) is 42.5 Å². The topological polar surface area (TPSA) is 70.2 Å². The molecule has 0 N–H and O–H groups in total. The Morgan fingerprint density at radius 3 is 2.06 bits per heavy atom. The Labute approximate surface area is 188 Å². The summed E-state index contributed by atoms with van der Waals surface area (Å²) in [4.78, 5) is 44.3. The van der Waals surface area contributed by atoms with E-state index in [1.54, 1.807) is 36.2 Å². The smallest absolute Gasteiger partial charge is 0.262 e. The van der Waals surface area contributed by atoms with Crippen molar-refractivity contribution < 1.29 is 19.1 Å². The van der Waals surface area contributed by atoms with Crippen LogP contribution in [0.5, 0.6) is 0 Å². The third-order valence-corrected chi connectivity index (χ3v) is 6.10. The average molecular weight is 436 g/mol. The van der Waals surface area contributed by atoms with Crippen molar-refractivity contribution in [2.75, 3.05) is 38.3 Å². The minimum absolute atomic E-state index is 0.212. The van der Waals surface area contributed by atoms with Gasteiger partial charge in [-0.1, -0.05) is 38.1 Å². The fraction of sp³-hybridized carbons (Fsp3) is 0.400. The molecule has 4 rings (SSSR count). The third kappa shape index (κ3) is 4.12. The number of amides is 3. The molecule has 0 aliphatic carbocycles. The standard InChI is InChI=1S/C25H29N3O4/c1-17(2)22(28-23(29)20-6-4-5-7-21(20)24(28)30)25(31)26(3)16-18-8-10-19(11-9-18)27-12-14-32-15-13-27/h4-11,17,22H,12-16H2,1-3H3. The number of hydrogen-bond donors (Lipinski definition) is 0. The summed E-state index contributed by atoms with van der Waals surface area (Å²) in [5.41, 5.74) is 2.84. The number of likely N-dealkylation sites (N-methyl/N-ethyl adjacent to an activating group) is 1. The molecule has 7 heteroatoms. The number of ether oxygens (including phenoxy) is 1. The number of nitrogens with zero attached hydrogens (tertiary/aromatic N) is 3. The molecule has 32 heavy (non-hydrogen) atoms. The summed E-state index contributed by atoms with van der Waals surface area (Å²) < 4.78 is 5.41. The lowest BCUT2D eigenvalue weighted by Crippen LogP contribution is -2.52. The van der Waals surface area contributed by atoms with Gasteiger partial charge in [-0.2, -0.15) is 0 Å². The zero-order chi connectivity index (χ0) is 22.8. The Hall–Kier alpha value is -3.19. The van der Waals surface area contributed by atoms with Gasteiger partial charge in [0.25, 0.3) is 11.8 Å². The first-order chi connectivity index (χ1) is 15.4. The van der Waals surface area contributed by atoms with E-state index in [1.807, 2.05) is 26.0 Å². The molecular formula is C25H29N3O4. The molecule has 2 aliphatic heterocycles. The number of anilines is 1. The van der Waals surface area contributed by atoms with E-state index in [-0.39, 0.29) is 11.8 Å². The molecule has 2 heterocycles. The van der Waals surface area contributed by atoms with E-state index in [1.165, 1.54) is 0 Å². The third-order valence-electron chi connectivity index (χ3n) is 6.10. The van der Waals surface area contributed by atoms with Gasteiger partial charge in [-0.15, -0.1) is 0 Å². The summed E-state index contributed by atoms with van der Waals surface area (Å²) in [5.74, 6) is -1.26. The maximum absolute atomic E-state index is 13.4. The molecule has 2 aliphatic rings. The number of carbonyl (C=O) groups excluding carboxylic acids is 3. The quantitative estimate of drug-likeness (QED) is 0.653. The van der Waals surface area contributed by atoms with Gasteiger partial charge in [-0.25, -0.2) is 0 Å². The second-order valence-electron chi connectivity index (χ2n) is 8.67.